The Morgan fingerprint density at radius 1 is 1.24 bits per heavy atom. The highest BCUT2D eigenvalue weighted by Crippen LogP contribution is 2.30. The summed E-state index contributed by atoms with van der Waals surface area (Å²) in [5.41, 5.74) is 5.00. The van der Waals surface area contributed by atoms with E-state index in [1.54, 1.807) is 0 Å². The number of halogens is 3. The smallest absolute Gasteiger partial charge is 0.326 e. The van der Waals surface area contributed by atoms with Crippen LogP contribution in [0.4, 0.5) is 13.2 Å². The Balaban J connectivity index is 2.24. The van der Waals surface area contributed by atoms with E-state index in [4.69, 9.17) is 5.73 Å². The summed E-state index contributed by atoms with van der Waals surface area (Å²) in [4.78, 5) is -0.141. The Morgan fingerprint density at radius 2 is 1.81 bits per heavy atom. The molecule has 8 heteroatoms. The van der Waals surface area contributed by atoms with Crippen LogP contribution in [0.15, 0.2) is 29.2 Å². The van der Waals surface area contributed by atoms with E-state index < -0.39 is 21.8 Å². The molecular formula is C13H17F3N2O2S. The summed E-state index contributed by atoms with van der Waals surface area (Å²) in [5, 5.41) is 0. The average Bonchev–Trinajstić information content (AvgIpc) is 2.41. The second-order valence-electron chi connectivity index (χ2n) is 5.32. The molecule has 1 saturated heterocycles. The van der Waals surface area contributed by atoms with Crippen LogP contribution in [0.3, 0.4) is 0 Å². The second kappa shape index (κ2) is 5.58. The molecule has 1 aromatic rings. The normalized spacial score (nSPS) is 25.0. The molecule has 1 heterocycles. The van der Waals surface area contributed by atoms with E-state index in [2.05, 4.69) is 0 Å². The van der Waals surface area contributed by atoms with Crippen molar-refractivity contribution in [2.45, 2.75) is 30.5 Å². The van der Waals surface area contributed by atoms with Gasteiger partial charge < -0.3 is 5.73 Å². The van der Waals surface area contributed by atoms with Crippen molar-refractivity contribution in [3.05, 3.63) is 29.8 Å². The van der Waals surface area contributed by atoms with Crippen LogP contribution in [0.5, 0.6) is 0 Å². The van der Waals surface area contributed by atoms with Gasteiger partial charge in [0.15, 0.2) is 0 Å². The summed E-state index contributed by atoms with van der Waals surface area (Å²) >= 11 is 0. The van der Waals surface area contributed by atoms with Crippen molar-refractivity contribution in [1.82, 2.24) is 4.31 Å². The predicted octanol–water partition coefficient (Wildman–Crippen LogP) is 2.06. The highest BCUT2D eigenvalue weighted by molar-refractivity contribution is 7.89. The van der Waals surface area contributed by atoms with Crippen molar-refractivity contribution < 1.29 is 21.6 Å². The van der Waals surface area contributed by atoms with E-state index in [1.807, 2.05) is 6.92 Å². The minimum atomic E-state index is -4.48. The van der Waals surface area contributed by atoms with Gasteiger partial charge in [-0.15, -0.1) is 0 Å². The van der Waals surface area contributed by atoms with Crippen LogP contribution in [0.25, 0.3) is 0 Å². The molecule has 0 bridgehead atoms. The number of rotatable bonds is 2. The number of piperidine rings is 1. The van der Waals surface area contributed by atoms with Gasteiger partial charge in [-0.1, -0.05) is 6.92 Å². The third-order valence-corrected chi connectivity index (χ3v) is 5.68. The zero-order chi connectivity index (χ0) is 15.8. The van der Waals surface area contributed by atoms with Crippen molar-refractivity contribution in [2.75, 3.05) is 13.1 Å². The number of nitrogens with two attached hydrogens (primary N) is 1. The maximum atomic E-state index is 12.5. The van der Waals surface area contributed by atoms with Gasteiger partial charge in [-0.3, -0.25) is 0 Å². The average molecular weight is 322 g/mol. The zero-order valence-electron chi connectivity index (χ0n) is 11.5. The number of nitrogens with zero attached hydrogens (tertiary/aromatic N) is 1. The standard InChI is InChI=1S/C13H17F3N2O2S/c1-9-6-7-18(8-12(9)17)21(19,20)11-4-2-10(3-5-11)13(14,15)16/h2-5,9,12H,6-8,17H2,1H3. The highest BCUT2D eigenvalue weighted by atomic mass is 32.2. The van der Waals surface area contributed by atoms with Gasteiger partial charge in [0.2, 0.25) is 10.0 Å². The van der Waals surface area contributed by atoms with Gasteiger partial charge in [0.25, 0.3) is 0 Å². The Kier molecular flexibility index (Phi) is 4.32. The molecule has 1 fully saturated rings. The lowest BCUT2D eigenvalue weighted by Gasteiger charge is -2.34. The van der Waals surface area contributed by atoms with Gasteiger partial charge in [-0.25, -0.2) is 8.42 Å². The Morgan fingerprint density at radius 3 is 2.29 bits per heavy atom. The first-order valence-electron chi connectivity index (χ1n) is 6.55. The van der Waals surface area contributed by atoms with Gasteiger partial charge in [0, 0.05) is 19.1 Å². The molecule has 2 rings (SSSR count). The molecule has 0 aromatic heterocycles. The fourth-order valence-electron chi connectivity index (χ4n) is 2.25. The van der Waals surface area contributed by atoms with Gasteiger partial charge in [-0.05, 0) is 36.6 Å². The minimum Gasteiger partial charge on any atom is -0.326 e. The Hall–Kier alpha value is -1.12. The van der Waals surface area contributed by atoms with Crippen molar-refractivity contribution >= 4 is 10.0 Å². The highest BCUT2D eigenvalue weighted by Gasteiger charge is 2.34. The summed E-state index contributed by atoms with van der Waals surface area (Å²) in [7, 11) is -3.79. The zero-order valence-corrected chi connectivity index (χ0v) is 12.3. The Bertz CT molecular complexity index is 599. The number of sulfonamides is 1. The summed E-state index contributed by atoms with van der Waals surface area (Å²) in [6.07, 6.45) is -3.84. The molecule has 21 heavy (non-hydrogen) atoms. The molecule has 2 N–H and O–H groups in total. The van der Waals surface area contributed by atoms with Crippen LogP contribution in [0.2, 0.25) is 0 Å². The maximum Gasteiger partial charge on any atom is 0.416 e. The van der Waals surface area contributed by atoms with Crippen LogP contribution in [-0.2, 0) is 16.2 Å². The molecule has 2 unspecified atom stereocenters. The third kappa shape index (κ3) is 3.38. The number of hydrogen-bond acceptors (Lipinski definition) is 3. The quantitative estimate of drug-likeness (QED) is 0.906. The molecule has 1 aliphatic rings. The molecule has 0 saturated carbocycles. The topological polar surface area (TPSA) is 63.4 Å². The molecule has 1 aromatic carbocycles. The van der Waals surface area contributed by atoms with Crippen LogP contribution >= 0.6 is 0 Å². The summed E-state index contributed by atoms with van der Waals surface area (Å²) in [6, 6.07) is 3.27. The van der Waals surface area contributed by atoms with Gasteiger partial charge >= 0.3 is 6.18 Å². The Labute approximate surface area is 121 Å². The van der Waals surface area contributed by atoms with Gasteiger partial charge in [0.05, 0.1) is 10.5 Å². The lowest BCUT2D eigenvalue weighted by molar-refractivity contribution is -0.137. The van der Waals surface area contributed by atoms with E-state index in [1.165, 1.54) is 4.31 Å². The molecule has 118 valence electrons. The van der Waals surface area contributed by atoms with E-state index in [9.17, 15) is 21.6 Å². The summed E-state index contributed by atoms with van der Waals surface area (Å²) in [6.45, 7) is 2.47. The van der Waals surface area contributed by atoms with Crippen molar-refractivity contribution in [3.8, 4) is 0 Å². The monoisotopic (exact) mass is 322 g/mol. The van der Waals surface area contributed by atoms with Crippen molar-refractivity contribution in [1.29, 1.82) is 0 Å². The van der Waals surface area contributed by atoms with E-state index in [-0.39, 0.29) is 23.4 Å². The first-order valence-corrected chi connectivity index (χ1v) is 7.99. The molecular weight excluding hydrogens is 305 g/mol. The van der Waals surface area contributed by atoms with Crippen LogP contribution in [0.1, 0.15) is 18.9 Å². The minimum absolute atomic E-state index is 0.141. The number of benzene rings is 1. The lowest BCUT2D eigenvalue weighted by atomic mass is 9.96. The number of alkyl halides is 3. The second-order valence-corrected chi connectivity index (χ2v) is 7.25. The van der Waals surface area contributed by atoms with E-state index in [0.29, 0.717) is 13.0 Å². The molecule has 2 atom stereocenters. The number of hydrogen-bond donors (Lipinski definition) is 1. The van der Waals surface area contributed by atoms with E-state index >= 15 is 0 Å². The van der Waals surface area contributed by atoms with Gasteiger partial charge in [0.1, 0.15) is 0 Å². The molecule has 0 radical (unpaired) electrons. The lowest BCUT2D eigenvalue weighted by Crippen LogP contribution is -2.49. The predicted molar refractivity (Wildman–Crippen MR) is 72.0 cm³/mol. The largest absolute Gasteiger partial charge is 0.416 e. The molecule has 1 aliphatic heterocycles. The van der Waals surface area contributed by atoms with Crippen LogP contribution in [-0.4, -0.2) is 31.9 Å². The third-order valence-electron chi connectivity index (χ3n) is 3.80. The first kappa shape index (κ1) is 16.3. The first-order chi connectivity index (χ1) is 9.62. The molecule has 0 amide bonds. The van der Waals surface area contributed by atoms with Gasteiger partial charge in [-0.2, -0.15) is 17.5 Å². The summed E-state index contributed by atoms with van der Waals surface area (Å²) < 4.78 is 63.5. The van der Waals surface area contributed by atoms with Crippen molar-refractivity contribution in [2.24, 2.45) is 11.7 Å². The molecule has 4 nitrogen and oxygen atoms in total. The maximum absolute atomic E-state index is 12.5. The fraction of sp³-hybridized carbons (Fsp3) is 0.538. The molecule has 0 aliphatic carbocycles. The molecule has 0 spiro atoms. The van der Waals surface area contributed by atoms with E-state index in [0.717, 1.165) is 24.3 Å². The van der Waals surface area contributed by atoms with Crippen LogP contribution < -0.4 is 5.73 Å². The fourth-order valence-corrected chi connectivity index (χ4v) is 3.74. The SMILES string of the molecule is CC1CCN(S(=O)(=O)c2ccc(C(F)(F)F)cc2)CC1N. The van der Waals surface area contributed by atoms with Crippen molar-refractivity contribution in [3.63, 3.8) is 0 Å². The summed E-state index contributed by atoms with van der Waals surface area (Å²) in [5.74, 6) is 0.226. The van der Waals surface area contributed by atoms with Crippen LogP contribution in [0, 0.1) is 5.92 Å².